The molecule has 0 radical (unpaired) electrons. The van der Waals surface area contributed by atoms with Crippen molar-refractivity contribution in [2.45, 2.75) is 63.9 Å². The smallest absolute Gasteiger partial charge is 0.416 e. The first-order chi connectivity index (χ1) is 21.3. The number of ether oxygens (including phenoxy) is 2. The molecule has 2 atom stereocenters. The predicted molar refractivity (Wildman–Crippen MR) is 157 cm³/mol. The van der Waals surface area contributed by atoms with Gasteiger partial charge in [0, 0.05) is 30.3 Å². The number of carbonyl (C=O) groups excluding carboxylic acids is 1. The molecule has 45 heavy (non-hydrogen) atoms. The van der Waals surface area contributed by atoms with Gasteiger partial charge in [-0.1, -0.05) is 11.6 Å². The number of nitrogens with zero attached hydrogens (tertiary/aromatic N) is 3. The number of aromatic nitrogens is 1. The van der Waals surface area contributed by atoms with E-state index in [0.29, 0.717) is 46.6 Å². The molecule has 2 saturated heterocycles. The number of aryl methyl sites for hydroxylation is 1. The van der Waals surface area contributed by atoms with E-state index in [-0.39, 0.29) is 23.8 Å². The van der Waals surface area contributed by atoms with Crippen LogP contribution >= 0.6 is 0 Å². The fourth-order valence-electron chi connectivity index (χ4n) is 6.38. The highest BCUT2D eigenvalue weighted by Crippen LogP contribution is 2.46. The second-order valence-electron chi connectivity index (χ2n) is 12.1. The first-order valence-electron chi connectivity index (χ1n) is 14.9. The Bertz CT molecular complexity index is 1650. The number of alkyl halides is 3. The minimum absolute atomic E-state index is 0.0220. The lowest BCUT2D eigenvalue weighted by Gasteiger charge is -2.34. The highest BCUT2D eigenvalue weighted by atomic mass is 19.4. The summed E-state index contributed by atoms with van der Waals surface area (Å²) in [5.41, 5.74) is 1.82. The second-order valence-corrected chi connectivity index (χ2v) is 12.1. The third-order valence-corrected chi connectivity index (χ3v) is 9.14. The number of cyclic esters (lactones) is 1. The first kappa shape index (κ1) is 30.7. The number of aliphatic carboxylic acids is 1. The molecule has 238 valence electrons. The zero-order valence-electron chi connectivity index (χ0n) is 25.0. The van der Waals surface area contributed by atoms with Crippen molar-refractivity contribution < 1.29 is 41.7 Å². The molecule has 1 N–H and O–H groups in total. The van der Waals surface area contributed by atoms with Gasteiger partial charge in [0.25, 0.3) is 0 Å². The summed E-state index contributed by atoms with van der Waals surface area (Å²) in [5.74, 6) is -1.23. The highest BCUT2D eigenvalue weighted by molar-refractivity contribution is 5.77. The number of hydrogen-bond acceptors (Lipinski definition) is 6. The number of methoxy groups -OCH3 is 1. The maximum Gasteiger partial charge on any atom is 0.416 e. The molecule has 1 saturated carbocycles. The predicted octanol–water partition coefficient (Wildman–Crippen LogP) is 7.09. The van der Waals surface area contributed by atoms with Crippen molar-refractivity contribution in [3.63, 3.8) is 0 Å². The van der Waals surface area contributed by atoms with Crippen LogP contribution in [0, 0.1) is 18.7 Å². The summed E-state index contributed by atoms with van der Waals surface area (Å²) >= 11 is 0. The SMILES string of the molecule is COc1cc(F)c(C2CC(C(=O)O)C2)cc1-c1ccc(N2CCC2)nc1CN1C(=O)O[C@H](c2cc(C)cc(C(F)(F)F)c2)[C@@H]1C. The van der Waals surface area contributed by atoms with Gasteiger partial charge in [-0.05, 0) is 80.5 Å². The van der Waals surface area contributed by atoms with E-state index in [1.54, 1.807) is 26.0 Å². The number of rotatable bonds is 8. The lowest BCUT2D eigenvalue weighted by atomic mass is 9.71. The monoisotopic (exact) mass is 627 g/mol. The van der Waals surface area contributed by atoms with Gasteiger partial charge in [-0.15, -0.1) is 0 Å². The third kappa shape index (κ3) is 5.78. The summed E-state index contributed by atoms with van der Waals surface area (Å²) in [5, 5.41) is 9.33. The van der Waals surface area contributed by atoms with E-state index in [0.717, 1.165) is 31.6 Å². The van der Waals surface area contributed by atoms with Gasteiger partial charge in [0.15, 0.2) is 0 Å². The summed E-state index contributed by atoms with van der Waals surface area (Å²) < 4.78 is 67.1. The summed E-state index contributed by atoms with van der Waals surface area (Å²) in [4.78, 5) is 33.0. The molecule has 1 amide bonds. The van der Waals surface area contributed by atoms with Crippen LogP contribution in [0.25, 0.3) is 11.1 Å². The minimum Gasteiger partial charge on any atom is -0.496 e. The van der Waals surface area contributed by atoms with E-state index in [1.165, 1.54) is 18.1 Å². The van der Waals surface area contributed by atoms with E-state index in [4.69, 9.17) is 14.5 Å². The normalized spacial score (nSPS) is 23.0. The molecule has 3 heterocycles. The Kier molecular flexibility index (Phi) is 7.86. The summed E-state index contributed by atoms with van der Waals surface area (Å²) in [6.07, 6.45) is -4.52. The van der Waals surface area contributed by atoms with Crippen LogP contribution in [0.4, 0.5) is 28.2 Å². The Morgan fingerprint density at radius 3 is 2.47 bits per heavy atom. The van der Waals surface area contributed by atoms with Crippen LogP contribution in [0.3, 0.4) is 0 Å². The molecule has 8 nitrogen and oxygen atoms in total. The molecule has 2 aromatic carbocycles. The van der Waals surface area contributed by atoms with E-state index in [1.807, 2.05) is 12.1 Å². The van der Waals surface area contributed by atoms with Gasteiger partial charge in [-0.25, -0.2) is 14.2 Å². The lowest BCUT2D eigenvalue weighted by Crippen LogP contribution is -2.38. The Labute approximate surface area is 257 Å². The number of halogens is 4. The number of anilines is 1. The van der Waals surface area contributed by atoms with Crippen LogP contribution in [0.15, 0.2) is 42.5 Å². The molecule has 3 fully saturated rings. The summed E-state index contributed by atoms with van der Waals surface area (Å²) in [6, 6.07) is 9.67. The van der Waals surface area contributed by atoms with Crippen LogP contribution in [0.5, 0.6) is 5.75 Å². The Morgan fingerprint density at radius 2 is 1.84 bits per heavy atom. The zero-order valence-corrected chi connectivity index (χ0v) is 25.0. The van der Waals surface area contributed by atoms with Crippen molar-refractivity contribution in [3.8, 4) is 16.9 Å². The van der Waals surface area contributed by atoms with Crippen LogP contribution in [0.2, 0.25) is 0 Å². The van der Waals surface area contributed by atoms with Gasteiger partial charge in [0.1, 0.15) is 23.5 Å². The molecule has 0 bridgehead atoms. The molecule has 0 spiro atoms. The van der Waals surface area contributed by atoms with Crippen molar-refractivity contribution >= 4 is 17.9 Å². The number of amides is 1. The van der Waals surface area contributed by atoms with Gasteiger partial charge in [-0.3, -0.25) is 9.69 Å². The van der Waals surface area contributed by atoms with E-state index in [9.17, 15) is 27.9 Å². The topological polar surface area (TPSA) is 92.2 Å². The largest absolute Gasteiger partial charge is 0.496 e. The maximum atomic E-state index is 15.2. The number of carbonyl (C=O) groups is 2. The Balaban J connectivity index is 1.36. The highest BCUT2D eigenvalue weighted by Gasteiger charge is 2.42. The fraction of sp³-hybridized carbons (Fsp3) is 0.424. The standard InChI is InChI=1S/C33H33F4N3O5/c1-17-9-20(13-22(10-17)33(35,36)37)30-18(2)40(32(43)45-30)16-27-23(5-6-29(38-27)39-7-4-8-39)25-14-24(26(34)15-28(25)44-3)19-11-21(12-19)31(41)42/h5-6,9-10,13-15,18-19,21,30H,4,7-8,11-12,16H2,1-3H3,(H,41,42)/t18-,19?,21?,30-/m0/s1. The average Bonchev–Trinajstić information content (AvgIpc) is 3.19. The maximum absolute atomic E-state index is 15.2. The van der Waals surface area contributed by atoms with Crippen LogP contribution in [-0.2, 0) is 22.3 Å². The van der Waals surface area contributed by atoms with Crippen LogP contribution in [-0.4, -0.2) is 53.3 Å². The number of carboxylic acids is 1. The van der Waals surface area contributed by atoms with Crippen molar-refractivity contribution in [3.05, 3.63) is 76.2 Å². The second kappa shape index (κ2) is 11.5. The molecule has 1 aliphatic carbocycles. The quantitative estimate of drug-likeness (QED) is 0.267. The average molecular weight is 628 g/mol. The number of pyridine rings is 1. The van der Waals surface area contributed by atoms with E-state index in [2.05, 4.69) is 4.90 Å². The summed E-state index contributed by atoms with van der Waals surface area (Å²) in [7, 11) is 1.42. The molecular weight excluding hydrogens is 594 g/mol. The van der Waals surface area contributed by atoms with Gasteiger partial charge in [-0.2, -0.15) is 13.2 Å². The van der Waals surface area contributed by atoms with E-state index < -0.39 is 47.7 Å². The first-order valence-corrected chi connectivity index (χ1v) is 14.9. The number of carboxylic acid groups (broad SMARTS) is 1. The van der Waals surface area contributed by atoms with Gasteiger partial charge < -0.3 is 19.5 Å². The van der Waals surface area contributed by atoms with Crippen LogP contribution < -0.4 is 9.64 Å². The molecule has 0 unspecified atom stereocenters. The minimum atomic E-state index is -4.55. The summed E-state index contributed by atoms with van der Waals surface area (Å²) in [6.45, 7) is 4.90. The molecule has 12 heteroatoms. The molecular formula is C33H33F4N3O5. The third-order valence-electron chi connectivity index (χ3n) is 9.14. The van der Waals surface area contributed by atoms with Crippen molar-refractivity contribution in [1.29, 1.82) is 0 Å². The molecule has 6 rings (SSSR count). The molecule has 3 aromatic rings. The van der Waals surface area contributed by atoms with Crippen molar-refractivity contribution in [2.75, 3.05) is 25.1 Å². The zero-order chi connectivity index (χ0) is 32.2. The number of hydrogen-bond donors (Lipinski definition) is 1. The lowest BCUT2D eigenvalue weighted by molar-refractivity contribution is -0.145. The van der Waals surface area contributed by atoms with Crippen molar-refractivity contribution in [1.82, 2.24) is 9.88 Å². The van der Waals surface area contributed by atoms with Gasteiger partial charge in [0.2, 0.25) is 0 Å². The molecule has 2 aliphatic heterocycles. The van der Waals surface area contributed by atoms with Gasteiger partial charge >= 0.3 is 18.2 Å². The molecule has 3 aliphatic rings. The van der Waals surface area contributed by atoms with Gasteiger partial charge in [0.05, 0.1) is 36.9 Å². The van der Waals surface area contributed by atoms with E-state index >= 15 is 4.39 Å². The Morgan fingerprint density at radius 1 is 1.11 bits per heavy atom. The Hall–Kier alpha value is -4.35. The van der Waals surface area contributed by atoms with Crippen molar-refractivity contribution in [2.24, 2.45) is 5.92 Å². The number of benzene rings is 2. The van der Waals surface area contributed by atoms with Crippen LogP contribution in [0.1, 0.15) is 66.2 Å². The fourth-order valence-corrected chi connectivity index (χ4v) is 6.38. The molecule has 1 aromatic heterocycles.